The van der Waals surface area contributed by atoms with Gasteiger partial charge < -0.3 is 21.0 Å². The van der Waals surface area contributed by atoms with E-state index < -0.39 is 0 Å². The SMILES string of the molecule is CNCCN(C)C(=O)c1cc(-n2ccccc2=O)ccc1N1C=C(CNC(=O)c2ccc(Cl)s2)NN1. The average molecular weight is 528 g/mol. The Labute approximate surface area is 217 Å². The number of rotatable bonds is 9. The first kappa shape index (κ1) is 25.5. The molecule has 12 heteroatoms. The Bertz CT molecular complexity index is 1350. The van der Waals surface area contributed by atoms with E-state index >= 15 is 0 Å². The summed E-state index contributed by atoms with van der Waals surface area (Å²) >= 11 is 7.12. The molecule has 3 heterocycles. The van der Waals surface area contributed by atoms with E-state index in [1.807, 2.05) is 7.05 Å². The van der Waals surface area contributed by atoms with Crippen LogP contribution in [0.2, 0.25) is 4.34 Å². The molecule has 188 valence electrons. The van der Waals surface area contributed by atoms with Gasteiger partial charge in [0.2, 0.25) is 0 Å². The molecule has 4 rings (SSSR count). The van der Waals surface area contributed by atoms with E-state index in [1.54, 1.807) is 71.8 Å². The van der Waals surface area contributed by atoms with Gasteiger partial charge >= 0.3 is 0 Å². The molecular formula is C24H26ClN7O3S. The number of halogens is 1. The van der Waals surface area contributed by atoms with Gasteiger partial charge in [-0.15, -0.1) is 16.9 Å². The maximum Gasteiger partial charge on any atom is 0.261 e. The van der Waals surface area contributed by atoms with Crippen LogP contribution < -0.4 is 32.2 Å². The largest absolute Gasteiger partial charge is 0.346 e. The summed E-state index contributed by atoms with van der Waals surface area (Å²) in [4.78, 5) is 40.2. The molecule has 1 aromatic carbocycles. The smallest absolute Gasteiger partial charge is 0.261 e. The number of benzene rings is 1. The third-order valence-electron chi connectivity index (χ3n) is 5.47. The molecule has 0 spiro atoms. The average Bonchev–Trinajstić information content (AvgIpc) is 3.54. The maximum atomic E-state index is 13.4. The van der Waals surface area contributed by atoms with E-state index in [4.69, 9.17) is 11.6 Å². The minimum Gasteiger partial charge on any atom is -0.346 e. The van der Waals surface area contributed by atoms with Crippen LogP contribution in [0.5, 0.6) is 0 Å². The number of thiophene rings is 1. The monoisotopic (exact) mass is 527 g/mol. The fourth-order valence-electron chi connectivity index (χ4n) is 3.55. The van der Waals surface area contributed by atoms with Gasteiger partial charge in [0.15, 0.2) is 0 Å². The molecule has 0 unspecified atom stereocenters. The van der Waals surface area contributed by atoms with Gasteiger partial charge in [-0.2, -0.15) is 0 Å². The summed E-state index contributed by atoms with van der Waals surface area (Å²) in [6, 6.07) is 13.5. The van der Waals surface area contributed by atoms with Crippen molar-refractivity contribution < 1.29 is 9.59 Å². The van der Waals surface area contributed by atoms with Crippen molar-refractivity contribution in [1.82, 2.24) is 31.1 Å². The van der Waals surface area contributed by atoms with Crippen LogP contribution in [0.1, 0.15) is 20.0 Å². The fraction of sp³-hybridized carbons (Fsp3) is 0.208. The highest BCUT2D eigenvalue weighted by molar-refractivity contribution is 7.18. The van der Waals surface area contributed by atoms with Gasteiger partial charge in [-0.1, -0.05) is 17.7 Å². The van der Waals surface area contributed by atoms with Crippen molar-refractivity contribution in [2.45, 2.75) is 0 Å². The third-order valence-corrected chi connectivity index (χ3v) is 6.70. The molecule has 2 amide bonds. The normalized spacial score (nSPS) is 12.8. The zero-order valence-corrected chi connectivity index (χ0v) is 21.3. The van der Waals surface area contributed by atoms with Gasteiger partial charge in [-0.25, -0.2) is 0 Å². The molecular weight excluding hydrogens is 502 g/mol. The number of nitrogens with one attached hydrogen (secondary N) is 4. The van der Waals surface area contributed by atoms with Crippen LogP contribution in [0, 0.1) is 0 Å². The minimum atomic E-state index is -0.229. The van der Waals surface area contributed by atoms with E-state index in [-0.39, 0.29) is 23.9 Å². The van der Waals surface area contributed by atoms with Gasteiger partial charge in [0, 0.05) is 44.3 Å². The first-order valence-electron chi connectivity index (χ1n) is 11.1. The number of likely N-dealkylation sites (N-methyl/N-ethyl adjacent to an activating group) is 2. The summed E-state index contributed by atoms with van der Waals surface area (Å²) in [5, 5.41) is 7.54. The standard InChI is InChI=1S/C24H26ClN7O3S/c1-26-10-12-30(2)24(35)18-13-17(31-11-4-3-5-22(31)33)6-7-19(18)32-15-16(28-29-32)14-27-23(34)20-8-9-21(25)36-20/h3-9,11,13,15,26,28-29H,10,12,14H2,1-2H3,(H,27,34). The van der Waals surface area contributed by atoms with Gasteiger partial charge in [-0.3, -0.25) is 24.0 Å². The number of aromatic nitrogens is 1. The first-order valence-corrected chi connectivity index (χ1v) is 12.3. The van der Waals surface area contributed by atoms with Crippen molar-refractivity contribution in [3.63, 3.8) is 0 Å². The van der Waals surface area contributed by atoms with Crippen LogP contribution in [-0.4, -0.2) is 55.0 Å². The second-order valence-corrected chi connectivity index (χ2v) is 9.70. The molecule has 0 aliphatic carbocycles. The number of nitrogens with zero attached hydrogens (tertiary/aromatic N) is 3. The van der Waals surface area contributed by atoms with Crippen LogP contribution in [0.25, 0.3) is 5.69 Å². The number of hydrogen-bond donors (Lipinski definition) is 4. The molecule has 36 heavy (non-hydrogen) atoms. The predicted molar refractivity (Wildman–Crippen MR) is 141 cm³/mol. The Kier molecular flexibility index (Phi) is 8.06. The van der Waals surface area contributed by atoms with Crippen molar-refractivity contribution in [2.75, 3.05) is 38.7 Å². The topological polar surface area (TPSA) is 111 Å². The fourth-order valence-corrected chi connectivity index (χ4v) is 4.51. The van der Waals surface area contributed by atoms with Gasteiger partial charge in [-0.05, 0) is 43.4 Å². The number of pyridine rings is 1. The lowest BCUT2D eigenvalue weighted by atomic mass is 10.1. The van der Waals surface area contributed by atoms with E-state index in [9.17, 15) is 14.4 Å². The van der Waals surface area contributed by atoms with Crippen molar-refractivity contribution in [1.29, 1.82) is 0 Å². The quantitative estimate of drug-likeness (QED) is 0.336. The van der Waals surface area contributed by atoms with Crippen molar-refractivity contribution >= 4 is 40.4 Å². The highest BCUT2D eigenvalue weighted by Gasteiger charge is 2.23. The molecule has 1 aliphatic rings. The molecule has 1 aliphatic heterocycles. The van der Waals surface area contributed by atoms with Gasteiger partial charge in [0.25, 0.3) is 17.4 Å². The summed E-state index contributed by atoms with van der Waals surface area (Å²) in [6.07, 6.45) is 3.42. The molecule has 10 nitrogen and oxygen atoms in total. The molecule has 0 saturated carbocycles. The number of hydrogen-bond acceptors (Lipinski definition) is 8. The van der Waals surface area contributed by atoms with E-state index in [0.29, 0.717) is 44.9 Å². The summed E-state index contributed by atoms with van der Waals surface area (Å²) in [7, 11) is 3.55. The maximum absolute atomic E-state index is 13.4. The van der Waals surface area contributed by atoms with E-state index in [2.05, 4.69) is 21.6 Å². The Morgan fingerprint density at radius 1 is 1.17 bits per heavy atom. The number of hydrazine groups is 2. The highest BCUT2D eigenvalue weighted by atomic mass is 35.5. The Balaban J connectivity index is 1.59. The molecule has 0 saturated heterocycles. The van der Waals surface area contributed by atoms with E-state index in [1.165, 1.54) is 22.0 Å². The summed E-state index contributed by atoms with van der Waals surface area (Å²) < 4.78 is 2.03. The molecule has 3 aromatic rings. The molecule has 0 fully saturated rings. The number of amides is 2. The molecule has 2 aromatic heterocycles. The zero-order valence-electron chi connectivity index (χ0n) is 19.7. The number of carbonyl (C=O) groups is 2. The van der Waals surface area contributed by atoms with E-state index in [0.717, 1.165) is 0 Å². The summed E-state index contributed by atoms with van der Waals surface area (Å²) in [5.41, 5.74) is 8.09. The Morgan fingerprint density at radius 2 is 2.00 bits per heavy atom. The summed E-state index contributed by atoms with van der Waals surface area (Å²) in [5.74, 6) is -0.426. The van der Waals surface area contributed by atoms with Crippen molar-refractivity contribution in [3.05, 3.63) is 91.8 Å². The van der Waals surface area contributed by atoms with Gasteiger partial charge in [0.05, 0.1) is 32.7 Å². The third kappa shape index (κ3) is 5.77. The van der Waals surface area contributed by atoms with Crippen LogP contribution in [0.4, 0.5) is 5.69 Å². The van der Waals surface area contributed by atoms with Crippen LogP contribution in [0.15, 0.2) is 71.4 Å². The van der Waals surface area contributed by atoms with Crippen molar-refractivity contribution in [2.24, 2.45) is 0 Å². The van der Waals surface area contributed by atoms with Crippen LogP contribution >= 0.6 is 22.9 Å². The minimum absolute atomic E-state index is 0.196. The molecule has 4 N–H and O–H groups in total. The lowest BCUT2D eigenvalue weighted by molar-refractivity contribution is 0.0797. The number of carbonyl (C=O) groups excluding carboxylic acids is 2. The van der Waals surface area contributed by atoms with Crippen LogP contribution in [-0.2, 0) is 0 Å². The summed E-state index contributed by atoms with van der Waals surface area (Å²) in [6.45, 7) is 1.38. The zero-order chi connectivity index (χ0) is 25.7. The molecule has 0 radical (unpaired) electrons. The highest BCUT2D eigenvalue weighted by Crippen LogP contribution is 2.26. The Morgan fingerprint density at radius 3 is 2.72 bits per heavy atom. The molecule has 0 atom stereocenters. The first-order chi connectivity index (χ1) is 17.4. The van der Waals surface area contributed by atoms with Gasteiger partial charge in [0.1, 0.15) is 0 Å². The lowest BCUT2D eigenvalue weighted by Crippen LogP contribution is -2.40. The number of anilines is 1. The predicted octanol–water partition coefficient (Wildman–Crippen LogP) is 1.94. The van der Waals surface area contributed by atoms with Crippen LogP contribution in [0.3, 0.4) is 0 Å². The lowest BCUT2D eigenvalue weighted by Gasteiger charge is -2.23. The van der Waals surface area contributed by atoms with Crippen molar-refractivity contribution in [3.8, 4) is 5.69 Å². The second kappa shape index (κ2) is 11.4. The second-order valence-electron chi connectivity index (χ2n) is 7.99. The molecule has 0 bridgehead atoms. The Hall–Kier alpha value is -3.64.